The third-order valence-electron chi connectivity index (χ3n) is 5.17. The standard InChI is InChI=1S/C19H25N7/c1-12-10-22-18-17(12)13(2)23-19(25-18)24-16-5-4-15(11-21-16)26-8-6-14(20-3)7-9-26/h4-5,10-11,14,20H,6-9H2,1-3H3,(H2,21,22,23,24,25). The molecule has 26 heavy (non-hydrogen) atoms. The van der Waals surface area contributed by atoms with Crippen LogP contribution in [0, 0.1) is 13.8 Å². The van der Waals surface area contributed by atoms with E-state index in [2.05, 4.69) is 48.5 Å². The van der Waals surface area contributed by atoms with Gasteiger partial charge >= 0.3 is 0 Å². The van der Waals surface area contributed by atoms with Gasteiger partial charge in [-0.15, -0.1) is 0 Å². The number of rotatable bonds is 4. The summed E-state index contributed by atoms with van der Waals surface area (Å²) in [5.41, 5.74) is 4.13. The molecule has 4 heterocycles. The molecule has 1 saturated heterocycles. The second kappa shape index (κ2) is 6.92. The molecule has 7 nitrogen and oxygen atoms in total. The number of hydrogen-bond donors (Lipinski definition) is 3. The number of aromatic amines is 1. The Labute approximate surface area is 153 Å². The van der Waals surface area contributed by atoms with Crippen LogP contribution in [0.25, 0.3) is 11.0 Å². The van der Waals surface area contributed by atoms with Crippen molar-refractivity contribution in [3.63, 3.8) is 0 Å². The topological polar surface area (TPSA) is 81.8 Å². The van der Waals surface area contributed by atoms with Gasteiger partial charge in [0.1, 0.15) is 11.5 Å². The van der Waals surface area contributed by atoms with Crippen LogP contribution in [-0.2, 0) is 0 Å². The Bertz CT molecular complexity index is 892. The first-order chi connectivity index (χ1) is 12.6. The summed E-state index contributed by atoms with van der Waals surface area (Å²) in [6.45, 7) is 6.18. The molecule has 0 radical (unpaired) electrons. The van der Waals surface area contributed by atoms with E-state index in [9.17, 15) is 0 Å². The lowest BCUT2D eigenvalue weighted by atomic mass is 10.1. The molecule has 4 rings (SSSR count). The smallest absolute Gasteiger partial charge is 0.230 e. The lowest BCUT2D eigenvalue weighted by molar-refractivity contribution is 0.442. The first-order valence-electron chi connectivity index (χ1n) is 9.11. The van der Waals surface area contributed by atoms with Gasteiger partial charge in [-0.2, -0.15) is 4.98 Å². The lowest BCUT2D eigenvalue weighted by Crippen LogP contribution is -2.41. The first kappa shape index (κ1) is 16.8. The molecule has 0 saturated carbocycles. The zero-order valence-corrected chi connectivity index (χ0v) is 15.5. The molecule has 0 amide bonds. The van der Waals surface area contributed by atoms with Gasteiger partial charge in [0.25, 0.3) is 0 Å². The number of anilines is 3. The third-order valence-corrected chi connectivity index (χ3v) is 5.17. The van der Waals surface area contributed by atoms with E-state index < -0.39 is 0 Å². The van der Waals surface area contributed by atoms with Crippen molar-refractivity contribution in [2.75, 3.05) is 30.4 Å². The van der Waals surface area contributed by atoms with Crippen molar-refractivity contribution < 1.29 is 0 Å². The maximum atomic E-state index is 4.56. The van der Waals surface area contributed by atoms with Crippen LogP contribution in [0.15, 0.2) is 24.5 Å². The highest BCUT2D eigenvalue weighted by atomic mass is 15.2. The number of piperidine rings is 1. The lowest BCUT2D eigenvalue weighted by Gasteiger charge is -2.33. The Morgan fingerprint density at radius 1 is 1.15 bits per heavy atom. The van der Waals surface area contributed by atoms with Crippen LogP contribution in [0.2, 0.25) is 0 Å². The van der Waals surface area contributed by atoms with Gasteiger partial charge in [0, 0.05) is 30.7 Å². The van der Waals surface area contributed by atoms with E-state index >= 15 is 0 Å². The summed E-state index contributed by atoms with van der Waals surface area (Å²) >= 11 is 0. The van der Waals surface area contributed by atoms with Gasteiger partial charge in [-0.3, -0.25) is 0 Å². The normalized spacial score (nSPS) is 15.6. The van der Waals surface area contributed by atoms with Gasteiger partial charge in [0.15, 0.2) is 0 Å². The van der Waals surface area contributed by atoms with Crippen LogP contribution >= 0.6 is 0 Å². The van der Waals surface area contributed by atoms with Crippen molar-refractivity contribution >= 4 is 28.5 Å². The van der Waals surface area contributed by atoms with Gasteiger partial charge < -0.3 is 20.5 Å². The van der Waals surface area contributed by atoms with Crippen LogP contribution in [0.1, 0.15) is 24.1 Å². The zero-order valence-electron chi connectivity index (χ0n) is 15.5. The molecule has 3 N–H and O–H groups in total. The van der Waals surface area contributed by atoms with E-state index in [4.69, 9.17) is 0 Å². The van der Waals surface area contributed by atoms with Crippen molar-refractivity contribution in [1.29, 1.82) is 0 Å². The van der Waals surface area contributed by atoms with Crippen molar-refractivity contribution in [2.45, 2.75) is 32.7 Å². The minimum atomic E-state index is 0.562. The second-order valence-corrected chi connectivity index (χ2v) is 6.90. The highest BCUT2D eigenvalue weighted by Crippen LogP contribution is 2.23. The minimum absolute atomic E-state index is 0.562. The molecule has 136 valence electrons. The summed E-state index contributed by atoms with van der Waals surface area (Å²) in [7, 11) is 2.04. The number of aromatic nitrogens is 4. The molecule has 0 spiro atoms. The third kappa shape index (κ3) is 3.22. The predicted molar refractivity (Wildman–Crippen MR) is 105 cm³/mol. The van der Waals surface area contributed by atoms with Gasteiger partial charge in [0.2, 0.25) is 5.95 Å². The average molecular weight is 351 g/mol. The predicted octanol–water partition coefficient (Wildman–Crippen LogP) is 2.90. The quantitative estimate of drug-likeness (QED) is 0.670. The van der Waals surface area contributed by atoms with Gasteiger partial charge in [-0.05, 0) is 51.4 Å². The van der Waals surface area contributed by atoms with E-state index in [-0.39, 0.29) is 0 Å². The molecular weight excluding hydrogens is 326 g/mol. The Hall–Kier alpha value is -2.67. The number of nitrogens with one attached hydrogen (secondary N) is 3. The van der Waals surface area contributed by atoms with E-state index in [0.717, 1.165) is 46.9 Å². The minimum Gasteiger partial charge on any atom is -0.370 e. The van der Waals surface area contributed by atoms with Crippen LogP contribution in [0.5, 0.6) is 0 Å². The number of pyridine rings is 1. The maximum absolute atomic E-state index is 4.56. The van der Waals surface area contributed by atoms with Crippen molar-refractivity contribution in [2.24, 2.45) is 0 Å². The Balaban J connectivity index is 1.48. The van der Waals surface area contributed by atoms with Crippen molar-refractivity contribution in [3.05, 3.63) is 35.8 Å². The zero-order chi connectivity index (χ0) is 18.1. The van der Waals surface area contributed by atoms with Crippen LogP contribution < -0.4 is 15.5 Å². The SMILES string of the molecule is CNC1CCN(c2ccc(Nc3nc(C)c4c(C)c[nH]c4n3)nc2)CC1. The summed E-state index contributed by atoms with van der Waals surface area (Å²) in [4.78, 5) is 19.2. The molecule has 0 unspecified atom stereocenters. The van der Waals surface area contributed by atoms with E-state index in [1.54, 1.807) is 0 Å². The molecule has 1 aliphatic heterocycles. The first-order valence-corrected chi connectivity index (χ1v) is 9.11. The summed E-state index contributed by atoms with van der Waals surface area (Å²) in [6.07, 6.45) is 6.21. The number of fused-ring (bicyclic) bond motifs is 1. The highest BCUT2D eigenvalue weighted by Gasteiger charge is 2.18. The second-order valence-electron chi connectivity index (χ2n) is 6.90. The highest BCUT2D eigenvalue weighted by molar-refractivity contribution is 5.83. The summed E-state index contributed by atoms with van der Waals surface area (Å²) in [6, 6.07) is 4.73. The van der Waals surface area contributed by atoms with E-state index in [1.165, 1.54) is 12.8 Å². The molecule has 1 aliphatic rings. The van der Waals surface area contributed by atoms with Crippen molar-refractivity contribution in [3.8, 4) is 0 Å². The van der Waals surface area contributed by atoms with E-state index in [1.807, 2.05) is 32.4 Å². The maximum Gasteiger partial charge on any atom is 0.230 e. The van der Waals surface area contributed by atoms with Crippen LogP contribution in [0.3, 0.4) is 0 Å². The summed E-state index contributed by atoms with van der Waals surface area (Å²) < 4.78 is 0. The van der Waals surface area contributed by atoms with E-state index in [0.29, 0.717) is 12.0 Å². The number of nitrogens with zero attached hydrogens (tertiary/aromatic N) is 4. The molecule has 0 bridgehead atoms. The number of H-pyrrole nitrogens is 1. The monoisotopic (exact) mass is 351 g/mol. The van der Waals surface area contributed by atoms with Crippen LogP contribution in [0.4, 0.5) is 17.5 Å². The Morgan fingerprint density at radius 2 is 1.96 bits per heavy atom. The largest absolute Gasteiger partial charge is 0.370 e. The molecule has 0 atom stereocenters. The van der Waals surface area contributed by atoms with Gasteiger partial charge in [0.05, 0.1) is 17.6 Å². The summed E-state index contributed by atoms with van der Waals surface area (Å²) in [5, 5.41) is 7.66. The number of aryl methyl sites for hydroxylation is 2. The Morgan fingerprint density at radius 3 is 2.65 bits per heavy atom. The van der Waals surface area contributed by atoms with Crippen molar-refractivity contribution in [1.82, 2.24) is 25.3 Å². The molecule has 3 aromatic rings. The molecular formula is C19H25N7. The number of hydrogen-bond acceptors (Lipinski definition) is 6. The summed E-state index contributed by atoms with van der Waals surface area (Å²) in [5.74, 6) is 1.31. The van der Waals surface area contributed by atoms with Crippen LogP contribution in [-0.4, -0.2) is 46.1 Å². The van der Waals surface area contributed by atoms with Gasteiger partial charge in [-0.1, -0.05) is 0 Å². The molecule has 0 aliphatic carbocycles. The molecule has 1 fully saturated rings. The van der Waals surface area contributed by atoms with Gasteiger partial charge in [-0.25, -0.2) is 9.97 Å². The Kier molecular flexibility index (Phi) is 4.46. The fraction of sp³-hybridized carbons (Fsp3) is 0.421. The molecule has 0 aromatic carbocycles. The molecule has 3 aromatic heterocycles. The molecule has 7 heteroatoms. The fourth-order valence-electron chi connectivity index (χ4n) is 3.64. The average Bonchev–Trinajstić information content (AvgIpc) is 3.04. The fourth-order valence-corrected chi connectivity index (χ4v) is 3.64.